The van der Waals surface area contributed by atoms with Crippen molar-refractivity contribution >= 4 is 17.3 Å². The molecule has 1 aliphatic rings. The monoisotopic (exact) mass is 260 g/mol. The van der Waals surface area contributed by atoms with Crippen molar-refractivity contribution in [2.45, 2.75) is 18.9 Å². The minimum Gasteiger partial charge on any atom is -0.373 e. The Morgan fingerprint density at radius 1 is 1.44 bits per heavy atom. The Bertz CT molecular complexity index is 554. The number of hydrogen-bond acceptors (Lipinski definition) is 5. The quantitative estimate of drug-likeness (QED) is 0.795. The molecule has 0 N–H and O–H groups in total. The first-order valence-corrected chi connectivity index (χ1v) is 6.68. The van der Waals surface area contributed by atoms with E-state index in [2.05, 4.69) is 15.7 Å². The molecular weight excluding hydrogens is 248 g/mol. The van der Waals surface area contributed by atoms with Gasteiger partial charge in [0.25, 0.3) is 0 Å². The van der Waals surface area contributed by atoms with Crippen molar-refractivity contribution in [2.24, 2.45) is 0 Å². The molecule has 0 saturated carbocycles. The number of carbonyl (C=O) groups is 1. The van der Waals surface area contributed by atoms with Gasteiger partial charge in [-0.25, -0.2) is 0 Å². The molecule has 0 amide bonds. The van der Waals surface area contributed by atoms with Crippen molar-refractivity contribution < 1.29 is 9.53 Å². The molecule has 1 unspecified atom stereocenters. The van der Waals surface area contributed by atoms with Gasteiger partial charge in [0.1, 0.15) is 5.69 Å². The van der Waals surface area contributed by atoms with Crippen molar-refractivity contribution in [3.63, 3.8) is 0 Å². The van der Waals surface area contributed by atoms with E-state index in [1.54, 1.807) is 5.38 Å². The Labute approximate surface area is 109 Å². The van der Waals surface area contributed by atoms with E-state index in [-0.39, 0.29) is 11.9 Å². The molecule has 0 saturated heterocycles. The van der Waals surface area contributed by atoms with Crippen LogP contribution in [0, 0.1) is 0 Å². The van der Waals surface area contributed by atoms with E-state index in [0.29, 0.717) is 18.7 Å². The summed E-state index contributed by atoms with van der Waals surface area (Å²) in [7, 11) is 0. The van der Waals surface area contributed by atoms with Crippen LogP contribution >= 0.6 is 11.5 Å². The second kappa shape index (κ2) is 4.96. The van der Waals surface area contributed by atoms with Gasteiger partial charge in [-0.15, -0.1) is 5.10 Å². The summed E-state index contributed by atoms with van der Waals surface area (Å²) in [6.07, 6.45) is 1.10. The van der Waals surface area contributed by atoms with Crippen LogP contribution in [0.1, 0.15) is 34.1 Å². The van der Waals surface area contributed by atoms with E-state index in [1.165, 1.54) is 17.1 Å². The van der Waals surface area contributed by atoms with Crippen molar-refractivity contribution in [1.29, 1.82) is 0 Å². The minimum absolute atomic E-state index is 0.00884. The standard InChI is InChI=1S/C13H12N2O2S/c16-12(11-8-18-15-14-11)7-13-10-4-2-1-3-9(10)5-6-17-13/h1-4,8,13H,5-7H2. The second-order valence-corrected chi connectivity index (χ2v) is 4.84. The number of aromatic nitrogens is 2. The first-order valence-electron chi connectivity index (χ1n) is 5.84. The van der Waals surface area contributed by atoms with E-state index in [0.717, 1.165) is 12.0 Å². The van der Waals surface area contributed by atoms with Gasteiger partial charge in [0.15, 0.2) is 5.78 Å². The molecule has 1 aromatic heterocycles. The topological polar surface area (TPSA) is 52.1 Å². The summed E-state index contributed by atoms with van der Waals surface area (Å²) < 4.78 is 9.42. The van der Waals surface area contributed by atoms with Crippen LogP contribution in [-0.2, 0) is 11.2 Å². The van der Waals surface area contributed by atoms with Crippen LogP contribution in [0.25, 0.3) is 0 Å². The molecule has 4 nitrogen and oxygen atoms in total. The van der Waals surface area contributed by atoms with E-state index >= 15 is 0 Å². The van der Waals surface area contributed by atoms with Gasteiger partial charge >= 0.3 is 0 Å². The predicted molar refractivity (Wildman–Crippen MR) is 67.7 cm³/mol. The maximum absolute atomic E-state index is 12.0. The average molecular weight is 260 g/mol. The molecule has 0 aliphatic carbocycles. The molecule has 2 aromatic rings. The Morgan fingerprint density at radius 2 is 2.33 bits per heavy atom. The SMILES string of the molecule is O=C(CC1OCCc2ccccc21)c1csnn1. The van der Waals surface area contributed by atoms with Crippen LogP contribution in [0.3, 0.4) is 0 Å². The van der Waals surface area contributed by atoms with Gasteiger partial charge in [0.05, 0.1) is 12.7 Å². The summed E-state index contributed by atoms with van der Waals surface area (Å²) in [5, 5.41) is 5.48. The molecule has 0 radical (unpaired) electrons. The number of benzene rings is 1. The number of carbonyl (C=O) groups excluding carboxylic acids is 1. The van der Waals surface area contributed by atoms with Crippen molar-refractivity contribution in [3.05, 3.63) is 46.5 Å². The molecule has 3 rings (SSSR count). The molecule has 0 bridgehead atoms. The average Bonchev–Trinajstić information content (AvgIpc) is 2.93. The number of ketones is 1. The summed E-state index contributed by atoms with van der Waals surface area (Å²) in [6.45, 7) is 0.671. The summed E-state index contributed by atoms with van der Waals surface area (Å²) in [6, 6.07) is 8.13. The normalized spacial score (nSPS) is 18.3. The van der Waals surface area contributed by atoms with Gasteiger partial charge in [0.2, 0.25) is 0 Å². The van der Waals surface area contributed by atoms with Gasteiger partial charge in [-0.05, 0) is 29.1 Å². The van der Waals surface area contributed by atoms with Gasteiger partial charge in [0, 0.05) is 11.8 Å². The van der Waals surface area contributed by atoms with Crippen LogP contribution in [0.15, 0.2) is 29.6 Å². The molecule has 2 heterocycles. The number of fused-ring (bicyclic) bond motifs is 1. The van der Waals surface area contributed by atoms with Crippen LogP contribution in [0.2, 0.25) is 0 Å². The second-order valence-electron chi connectivity index (χ2n) is 4.23. The number of hydrogen-bond donors (Lipinski definition) is 0. The molecule has 92 valence electrons. The Hall–Kier alpha value is -1.59. The Balaban J connectivity index is 1.80. The van der Waals surface area contributed by atoms with Gasteiger partial charge < -0.3 is 4.74 Å². The molecule has 18 heavy (non-hydrogen) atoms. The Kier molecular flexibility index (Phi) is 3.17. The molecule has 1 atom stereocenters. The van der Waals surface area contributed by atoms with Crippen LogP contribution < -0.4 is 0 Å². The smallest absolute Gasteiger partial charge is 0.186 e. The first kappa shape index (κ1) is 11.5. The van der Waals surface area contributed by atoms with E-state index < -0.39 is 0 Å². The maximum atomic E-state index is 12.0. The highest BCUT2D eigenvalue weighted by molar-refractivity contribution is 7.03. The van der Waals surface area contributed by atoms with Crippen LogP contribution in [0.5, 0.6) is 0 Å². The highest BCUT2D eigenvalue weighted by Crippen LogP contribution is 2.30. The molecule has 1 aliphatic heterocycles. The summed E-state index contributed by atoms with van der Waals surface area (Å²) in [5.41, 5.74) is 2.84. The highest BCUT2D eigenvalue weighted by Gasteiger charge is 2.24. The first-order chi connectivity index (χ1) is 8.84. The zero-order valence-corrected chi connectivity index (χ0v) is 10.5. The van der Waals surface area contributed by atoms with Gasteiger partial charge in [-0.1, -0.05) is 28.8 Å². The van der Waals surface area contributed by atoms with Crippen LogP contribution in [-0.4, -0.2) is 22.0 Å². The molecular formula is C13H12N2O2S. The van der Waals surface area contributed by atoms with Crippen molar-refractivity contribution in [3.8, 4) is 0 Å². The third-order valence-corrected chi connectivity index (χ3v) is 3.61. The fourth-order valence-corrected chi connectivity index (χ4v) is 2.67. The zero-order valence-electron chi connectivity index (χ0n) is 9.70. The lowest BCUT2D eigenvalue weighted by Crippen LogP contribution is -2.19. The lowest BCUT2D eigenvalue weighted by Gasteiger charge is -2.25. The zero-order chi connectivity index (χ0) is 12.4. The van der Waals surface area contributed by atoms with E-state index in [1.807, 2.05) is 18.2 Å². The van der Waals surface area contributed by atoms with E-state index in [4.69, 9.17) is 4.74 Å². The fraction of sp³-hybridized carbons (Fsp3) is 0.308. The van der Waals surface area contributed by atoms with Crippen LogP contribution in [0.4, 0.5) is 0 Å². The highest BCUT2D eigenvalue weighted by atomic mass is 32.1. The molecule has 0 fully saturated rings. The van der Waals surface area contributed by atoms with E-state index in [9.17, 15) is 4.79 Å². The van der Waals surface area contributed by atoms with Crippen molar-refractivity contribution in [1.82, 2.24) is 9.59 Å². The number of rotatable bonds is 3. The van der Waals surface area contributed by atoms with Gasteiger partial charge in [-0.3, -0.25) is 4.79 Å². The lowest BCUT2D eigenvalue weighted by atomic mass is 9.94. The Morgan fingerprint density at radius 3 is 3.17 bits per heavy atom. The number of Topliss-reactive ketones (excluding diaryl/α,β-unsaturated/α-hetero) is 1. The molecule has 1 aromatic carbocycles. The van der Waals surface area contributed by atoms with Crippen molar-refractivity contribution in [2.75, 3.05) is 6.61 Å². The lowest BCUT2D eigenvalue weighted by molar-refractivity contribution is 0.0350. The summed E-state index contributed by atoms with van der Waals surface area (Å²) in [5.74, 6) is -0.00884. The molecule has 0 spiro atoms. The predicted octanol–water partition coefficient (Wildman–Crippen LogP) is 2.42. The summed E-state index contributed by atoms with van der Waals surface area (Å²) in [4.78, 5) is 12.0. The summed E-state index contributed by atoms with van der Waals surface area (Å²) >= 11 is 1.19. The minimum atomic E-state index is -0.149. The largest absolute Gasteiger partial charge is 0.373 e. The number of nitrogens with zero attached hydrogens (tertiary/aromatic N) is 2. The maximum Gasteiger partial charge on any atom is 0.186 e. The number of ether oxygens (including phenoxy) is 1. The van der Waals surface area contributed by atoms with Gasteiger partial charge in [-0.2, -0.15) is 0 Å². The third-order valence-electron chi connectivity index (χ3n) is 3.11. The fourth-order valence-electron chi connectivity index (χ4n) is 2.20. The third kappa shape index (κ3) is 2.19. The molecule has 5 heteroatoms.